The Morgan fingerprint density at radius 3 is 2.47 bits per heavy atom. The summed E-state index contributed by atoms with van der Waals surface area (Å²) < 4.78 is 13.5. The van der Waals surface area contributed by atoms with Crippen molar-refractivity contribution in [1.29, 1.82) is 0 Å². The number of phenolic OH excluding ortho intramolecular Hbond substituents is 1. The van der Waals surface area contributed by atoms with Crippen LogP contribution in [0.3, 0.4) is 0 Å². The average molecular weight is 434 g/mol. The summed E-state index contributed by atoms with van der Waals surface area (Å²) in [6, 6.07) is 14.6. The quantitative estimate of drug-likeness (QED) is 0.427. The van der Waals surface area contributed by atoms with Gasteiger partial charge in [0.2, 0.25) is 5.75 Å². The van der Waals surface area contributed by atoms with Gasteiger partial charge in [0.25, 0.3) is 5.56 Å². The lowest BCUT2D eigenvalue weighted by Crippen LogP contribution is -2.21. The summed E-state index contributed by atoms with van der Waals surface area (Å²) in [5, 5.41) is 10.6. The standard InChI is InChI=1S/C27H31NO4/c1-19(2)9-8-10-20(3)15-16-31-25-23-14-13-22(29)17-24(23)28(4)27(30)26(25)32-18-21-11-6-5-7-12-21/h5-7,9,11-15,17,29H,8,10,16,18H2,1-4H3/b20-15+. The number of allylic oxidation sites excluding steroid dienone is 3. The van der Waals surface area contributed by atoms with Gasteiger partial charge in [-0.2, -0.15) is 0 Å². The van der Waals surface area contributed by atoms with Crippen LogP contribution in [0, 0.1) is 0 Å². The second-order valence-electron chi connectivity index (χ2n) is 8.18. The SMILES string of the molecule is CC(C)=CCC/C(C)=C/COc1c(OCc2ccccc2)c(=O)n(C)c2cc(O)ccc12. The lowest BCUT2D eigenvalue weighted by molar-refractivity contribution is 0.271. The first-order chi connectivity index (χ1) is 15.4. The maximum atomic E-state index is 13.1. The highest BCUT2D eigenvalue weighted by Gasteiger charge is 2.19. The zero-order chi connectivity index (χ0) is 23.1. The number of fused-ring (bicyclic) bond motifs is 1. The first-order valence-corrected chi connectivity index (χ1v) is 10.8. The van der Waals surface area contributed by atoms with E-state index >= 15 is 0 Å². The molecule has 5 nitrogen and oxygen atoms in total. The van der Waals surface area contributed by atoms with Crippen LogP contribution in [-0.2, 0) is 13.7 Å². The maximum Gasteiger partial charge on any atom is 0.297 e. The van der Waals surface area contributed by atoms with E-state index in [1.165, 1.54) is 15.7 Å². The highest BCUT2D eigenvalue weighted by Crippen LogP contribution is 2.34. The van der Waals surface area contributed by atoms with Crippen LogP contribution in [0.4, 0.5) is 0 Å². The molecule has 32 heavy (non-hydrogen) atoms. The minimum Gasteiger partial charge on any atom is -0.508 e. The summed E-state index contributed by atoms with van der Waals surface area (Å²) in [6.07, 6.45) is 6.19. The Bertz CT molecular complexity index is 1190. The molecule has 168 valence electrons. The number of rotatable bonds is 9. The molecule has 1 heterocycles. The van der Waals surface area contributed by atoms with Crippen LogP contribution >= 0.6 is 0 Å². The van der Waals surface area contributed by atoms with Gasteiger partial charge in [0.15, 0.2) is 5.75 Å². The van der Waals surface area contributed by atoms with Crippen molar-refractivity contribution in [3.8, 4) is 17.2 Å². The van der Waals surface area contributed by atoms with Crippen molar-refractivity contribution in [1.82, 2.24) is 4.57 Å². The third-order valence-corrected chi connectivity index (χ3v) is 5.27. The Morgan fingerprint density at radius 2 is 1.75 bits per heavy atom. The van der Waals surface area contributed by atoms with E-state index in [4.69, 9.17) is 9.47 Å². The highest BCUT2D eigenvalue weighted by atomic mass is 16.5. The summed E-state index contributed by atoms with van der Waals surface area (Å²) in [5.74, 6) is 0.656. The fourth-order valence-electron chi connectivity index (χ4n) is 3.43. The summed E-state index contributed by atoms with van der Waals surface area (Å²) >= 11 is 0. The second kappa shape index (κ2) is 10.7. The molecule has 0 fully saturated rings. The van der Waals surface area contributed by atoms with Gasteiger partial charge in [0.05, 0.1) is 5.52 Å². The Hall–Kier alpha value is -3.47. The van der Waals surface area contributed by atoms with E-state index in [2.05, 4.69) is 26.8 Å². The molecule has 0 radical (unpaired) electrons. The first-order valence-electron chi connectivity index (χ1n) is 10.8. The maximum absolute atomic E-state index is 13.1. The monoisotopic (exact) mass is 433 g/mol. The smallest absolute Gasteiger partial charge is 0.297 e. The minimum atomic E-state index is -0.307. The molecular weight excluding hydrogens is 402 g/mol. The zero-order valence-electron chi connectivity index (χ0n) is 19.2. The van der Waals surface area contributed by atoms with Crippen LogP contribution in [0.5, 0.6) is 17.2 Å². The van der Waals surface area contributed by atoms with Crippen LogP contribution in [0.25, 0.3) is 10.9 Å². The number of benzene rings is 2. The molecule has 0 amide bonds. The molecule has 3 rings (SSSR count). The van der Waals surface area contributed by atoms with Gasteiger partial charge >= 0.3 is 0 Å². The van der Waals surface area contributed by atoms with Gasteiger partial charge < -0.3 is 19.1 Å². The Kier molecular flexibility index (Phi) is 7.77. The van der Waals surface area contributed by atoms with E-state index in [-0.39, 0.29) is 23.7 Å². The number of aromatic hydroxyl groups is 1. The number of aromatic nitrogens is 1. The number of hydrogen-bond acceptors (Lipinski definition) is 4. The molecule has 0 saturated carbocycles. The van der Waals surface area contributed by atoms with Crippen LogP contribution < -0.4 is 15.0 Å². The zero-order valence-corrected chi connectivity index (χ0v) is 19.2. The lowest BCUT2D eigenvalue weighted by Gasteiger charge is -2.17. The number of pyridine rings is 1. The third kappa shape index (κ3) is 5.82. The van der Waals surface area contributed by atoms with E-state index in [1.807, 2.05) is 36.4 Å². The van der Waals surface area contributed by atoms with Crippen molar-refractivity contribution in [2.24, 2.45) is 7.05 Å². The molecule has 5 heteroatoms. The Labute approximate surface area is 189 Å². The predicted octanol–water partition coefficient (Wildman–Crippen LogP) is 5.89. The van der Waals surface area contributed by atoms with E-state index in [1.54, 1.807) is 25.2 Å². The molecule has 0 atom stereocenters. The molecule has 0 spiro atoms. The molecule has 0 aliphatic heterocycles. The van der Waals surface area contributed by atoms with Crippen LogP contribution in [0.15, 0.2) is 76.6 Å². The van der Waals surface area contributed by atoms with E-state index in [0.717, 1.165) is 18.4 Å². The fraction of sp³-hybridized carbons (Fsp3) is 0.296. The summed E-state index contributed by atoms with van der Waals surface area (Å²) in [4.78, 5) is 13.1. The number of phenols is 1. The molecule has 0 aliphatic rings. The molecule has 3 aromatic rings. The molecule has 2 aromatic carbocycles. The number of hydrogen-bond donors (Lipinski definition) is 1. The van der Waals surface area contributed by atoms with Gasteiger partial charge in [-0.1, -0.05) is 47.6 Å². The topological polar surface area (TPSA) is 60.7 Å². The van der Waals surface area contributed by atoms with Crippen molar-refractivity contribution in [3.63, 3.8) is 0 Å². The van der Waals surface area contributed by atoms with Crippen molar-refractivity contribution in [2.45, 2.75) is 40.2 Å². The molecule has 0 bridgehead atoms. The highest BCUT2D eigenvalue weighted by molar-refractivity contribution is 5.88. The minimum absolute atomic E-state index is 0.0893. The molecule has 1 N–H and O–H groups in total. The van der Waals surface area contributed by atoms with E-state index in [9.17, 15) is 9.90 Å². The molecule has 1 aromatic heterocycles. The average Bonchev–Trinajstić information content (AvgIpc) is 2.77. The van der Waals surface area contributed by atoms with Crippen LogP contribution in [-0.4, -0.2) is 16.3 Å². The van der Waals surface area contributed by atoms with Crippen LogP contribution in [0.2, 0.25) is 0 Å². The normalized spacial score (nSPS) is 11.4. The van der Waals surface area contributed by atoms with Crippen molar-refractivity contribution in [3.05, 3.63) is 87.7 Å². The third-order valence-electron chi connectivity index (χ3n) is 5.27. The Morgan fingerprint density at radius 1 is 1.00 bits per heavy atom. The van der Waals surface area contributed by atoms with Gasteiger partial charge in [0, 0.05) is 18.5 Å². The summed E-state index contributed by atoms with van der Waals surface area (Å²) in [5.41, 5.74) is 3.77. The van der Waals surface area contributed by atoms with Crippen molar-refractivity contribution in [2.75, 3.05) is 6.61 Å². The van der Waals surface area contributed by atoms with Crippen molar-refractivity contribution < 1.29 is 14.6 Å². The van der Waals surface area contributed by atoms with Gasteiger partial charge in [-0.05, 0) is 57.4 Å². The molecule has 0 saturated heterocycles. The number of aryl methyl sites for hydroxylation is 1. The molecule has 0 unspecified atom stereocenters. The number of nitrogens with zero attached hydrogens (tertiary/aromatic N) is 1. The van der Waals surface area contributed by atoms with E-state index < -0.39 is 0 Å². The fourth-order valence-corrected chi connectivity index (χ4v) is 3.43. The van der Waals surface area contributed by atoms with Crippen molar-refractivity contribution >= 4 is 10.9 Å². The molecular formula is C27H31NO4. The first kappa shape index (κ1) is 23.2. The largest absolute Gasteiger partial charge is 0.508 e. The summed E-state index contributed by atoms with van der Waals surface area (Å²) in [6.45, 7) is 6.85. The number of ether oxygens (including phenoxy) is 2. The van der Waals surface area contributed by atoms with Gasteiger partial charge in [-0.25, -0.2) is 0 Å². The lowest BCUT2D eigenvalue weighted by atomic mass is 10.1. The van der Waals surface area contributed by atoms with E-state index in [0.29, 0.717) is 23.3 Å². The van der Waals surface area contributed by atoms with Gasteiger partial charge in [0.1, 0.15) is 19.0 Å². The Balaban J connectivity index is 1.91. The second-order valence-corrected chi connectivity index (χ2v) is 8.18. The predicted molar refractivity (Wildman–Crippen MR) is 130 cm³/mol. The van der Waals surface area contributed by atoms with Gasteiger partial charge in [-0.3, -0.25) is 4.79 Å². The summed E-state index contributed by atoms with van der Waals surface area (Å²) in [7, 11) is 1.66. The van der Waals surface area contributed by atoms with Gasteiger partial charge in [-0.15, -0.1) is 0 Å². The van der Waals surface area contributed by atoms with Crippen LogP contribution in [0.1, 0.15) is 39.2 Å². The molecule has 0 aliphatic carbocycles.